The summed E-state index contributed by atoms with van der Waals surface area (Å²) < 4.78 is 24.5. The van der Waals surface area contributed by atoms with Crippen LogP contribution >= 0.6 is 0 Å². The van der Waals surface area contributed by atoms with Crippen LogP contribution in [0.25, 0.3) is 11.6 Å². The predicted octanol–water partition coefficient (Wildman–Crippen LogP) is 3.37. The first-order valence-corrected chi connectivity index (χ1v) is 8.77. The van der Waals surface area contributed by atoms with Gasteiger partial charge in [-0.05, 0) is 47.6 Å². The first-order valence-electron chi connectivity index (χ1n) is 8.77. The SMILES string of the molecule is COCCOc1ccc(C2CC2c2cnc(-c3ncccn3)nc2)cc1F. The van der Waals surface area contributed by atoms with Gasteiger partial charge in [0.1, 0.15) is 6.61 Å². The van der Waals surface area contributed by atoms with E-state index in [0.717, 1.165) is 17.5 Å². The lowest BCUT2D eigenvalue weighted by Crippen LogP contribution is -2.05. The summed E-state index contributed by atoms with van der Waals surface area (Å²) in [6.45, 7) is 0.754. The number of hydrogen-bond donors (Lipinski definition) is 0. The van der Waals surface area contributed by atoms with Gasteiger partial charge in [-0.3, -0.25) is 0 Å². The summed E-state index contributed by atoms with van der Waals surface area (Å²) in [5.74, 6) is 1.48. The summed E-state index contributed by atoms with van der Waals surface area (Å²) in [5.41, 5.74) is 2.01. The van der Waals surface area contributed by atoms with Crippen molar-refractivity contribution in [3.63, 3.8) is 0 Å². The number of methoxy groups -OCH3 is 1. The van der Waals surface area contributed by atoms with Gasteiger partial charge in [0.2, 0.25) is 0 Å². The summed E-state index contributed by atoms with van der Waals surface area (Å²) in [7, 11) is 1.58. The number of benzene rings is 1. The third-order valence-corrected chi connectivity index (χ3v) is 4.59. The average Bonchev–Trinajstić information content (AvgIpc) is 3.51. The van der Waals surface area contributed by atoms with Crippen molar-refractivity contribution in [1.29, 1.82) is 0 Å². The molecule has 2 heterocycles. The molecule has 1 aromatic carbocycles. The Kier molecular flexibility index (Phi) is 5.02. The van der Waals surface area contributed by atoms with Crippen LogP contribution in [0.1, 0.15) is 29.4 Å². The van der Waals surface area contributed by atoms with Crippen molar-refractivity contribution >= 4 is 0 Å². The number of halogens is 1. The van der Waals surface area contributed by atoms with Crippen molar-refractivity contribution in [1.82, 2.24) is 19.9 Å². The number of nitrogens with zero attached hydrogens (tertiary/aromatic N) is 4. The summed E-state index contributed by atoms with van der Waals surface area (Å²) in [6.07, 6.45) is 7.89. The molecule has 1 saturated carbocycles. The molecule has 1 aliphatic rings. The van der Waals surface area contributed by atoms with E-state index in [1.807, 2.05) is 18.5 Å². The maximum absolute atomic E-state index is 14.2. The van der Waals surface area contributed by atoms with Gasteiger partial charge in [0, 0.05) is 31.9 Å². The Morgan fingerprint density at radius 3 is 2.37 bits per heavy atom. The molecular formula is C20H19FN4O2. The lowest BCUT2D eigenvalue weighted by molar-refractivity contribution is 0.144. The van der Waals surface area contributed by atoms with Gasteiger partial charge in [-0.25, -0.2) is 24.3 Å². The molecule has 2 aromatic heterocycles. The van der Waals surface area contributed by atoms with Gasteiger partial charge in [0.15, 0.2) is 23.2 Å². The van der Waals surface area contributed by atoms with Crippen molar-refractivity contribution in [3.8, 4) is 17.4 Å². The predicted molar refractivity (Wildman–Crippen MR) is 96.9 cm³/mol. The number of ether oxygens (including phenoxy) is 2. The Bertz CT molecular complexity index is 906. The van der Waals surface area contributed by atoms with Gasteiger partial charge >= 0.3 is 0 Å². The fourth-order valence-electron chi connectivity index (χ4n) is 3.09. The fourth-order valence-corrected chi connectivity index (χ4v) is 3.09. The van der Waals surface area contributed by atoms with E-state index in [2.05, 4.69) is 19.9 Å². The Hall–Kier alpha value is -2.93. The fraction of sp³-hybridized carbons (Fsp3) is 0.300. The van der Waals surface area contributed by atoms with Gasteiger partial charge in [0.25, 0.3) is 0 Å². The lowest BCUT2D eigenvalue weighted by Gasteiger charge is -2.08. The normalized spacial score (nSPS) is 18.3. The molecular weight excluding hydrogens is 347 g/mol. The minimum atomic E-state index is -0.345. The zero-order valence-electron chi connectivity index (χ0n) is 14.9. The van der Waals surface area contributed by atoms with Crippen LogP contribution in [-0.4, -0.2) is 40.3 Å². The van der Waals surface area contributed by atoms with Crippen LogP contribution < -0.4 is 4.74 Å². The second-order valence-corrected chi connectivity index (χ2v) is 6.39. The molecule has 1 fully saturated rings. The van der Waals surface area contributed by atoms with Gasteiger partial charge < -0.3 is 9.47 Å². The lowest BCUT2D eigenvalue weighted by atomic mass is 10.1. The molecule has 3 aromatic rings. The van der Waals surface area contributed by atoms with Crippen LogP contribution in [0.4, 0.5) is 4.39 Å². The maximum Gasteiger partial charge on any atom is 0.197 e. The molecule has 1 aliphatic carbocycles. The Balaban J connectivity index is 1.42. The van der Waals surface area contributed by atoms with Gasteiger partial charge in [-0.15, -0.1) is 0 Å². The smallest absolute Gasteiger partial charge is 0.197 e. The van der Waals surface area contributed by atoms with Crippen LogP contribution in [0.3, 0.4) is 0 Å². The third-order valence-electron chi connectivity index (χ3n) is 4.59. The highest BCUT2D eigenvalue weighted by atomic mass is 19.1. The van der Waals surface area contributed by atoms with E-state index in [1.54, 1.807) is 37.7 Å². The highest BCUT2D eigenvalue weighted by molar-refractivity contribution is 5.43. The molecule has 6 nitrogen and oxygen atoms in total. The zero-order chi connectivity index (χ0) is 18.6. The van der Waals surface area contributed by atoms with Crippen LogP contribution in [0.15, 0.2) is 49.1 Å². The van der Waals surface area contributed by atoms with Crippen molar-refractivity contribution in [3.05, 3.63) is 66.0 Å². The maximum atomic E-state index is 14.2. The van der Waals surface area contributed by atoms with Gasteiger partial charge in [-0.2, -0.15) is 0 Å². The van der Waals surface area contributed by atoms with E-state index < -0.39 is 0 Å². The zero-order valence-corrected chi connectivity index (χ0v) is 14.9. The van der Waals surface area contributed by atoms with Crippen LogP contribution in [0.2, 0.25) is 0 Å². The minimum Gasteiger partial charge on any atom is -0.488 e. The minimum absolute atomic E-state index is 0.253. The van der Waals surface area contributed by atoms with E-state index in [1.165, 1.54) is 0 Å². The van der Waals surface area contributed by atoms with Crippen molar-refractivity contribution in [2.45, 2.75) is 18.3 Å². The Morgan fingerprint density at radius 1 is 0.963 bits per heavy atom. The standard InChI is InChI=1S/C20H19FN4O2/c1-26-7-8-27-18-4-3-13(9-17(18)21)15-10-16(15)14-11-24-20(25-12-14)19-22-5-2-6-23-19/h2-6,9,11-12,15-16H,7-8,10H2,1H3. The first-order chi connectivity index (χ1) is 13.3. The van der Waals surface area contributed by atoms with Crippen LogP contribution in [-0.2, 0) is 4.74 Å². The van der Waals surface area contributed by atoms with E-state index in [4.69, 9.17) is 9.47 Å². The monoisotopic (exact) mass is 366 g/mol. The highest BCUT2D eigenvalue weighted by Crippen LogP contribution is 2.54. The second kappa shape index (κ2) is 7.75. The van der Waals surface area contributed by atoms with E-state index >= 15 is 0 Å². The Morgan fingerprint density at radius 2 is 1.67 bits per heavy atom. The third kappa shape index (κ3) is 3.93. The average molecular weight is 366 g/mol. The van der Waals surface area contributed by atoms with E-state index in [0.29, 0.717) is 30.8 Å². The van der Waals surface area contributed by atoms with Crippen molar-refractivity contribution in [2.75, 3.05) is 20.3 Å². The molecule has 7 heteroatoms. The van der Waals surface area contributed by atoms with Crippen LogP contribution in [0.5, 0.6) is 5.75 Å². The second-order valence-electron chi connectivity index (χ2n) is 6.39. The molecule has 0 spiro atoms. The summed E-state index contributed by atoms with van der Waals surface area (Å²) in [5, 5.41) is 0. The van der Waals surface area contributed by atoms with Crippen molar-refractivity contribution < 1.29 is 13.9 Å². The number of hydrogen-bond acceptors (Lipinski definition) is 6. The largest absolute Gasteiger partial charge is 0.488 e. The molecule has 0 saturated heterocycles. The van der Waals surface area contributed by atoms with Gasteiger partial charge in [-0.1, -0.05) is 6.07 Å². The van der Waals surface area contributed by atoms with Gasteiger partial charge in [0.05, 0.1) is 6.61 Å². The molecule has 0 bridgehead atoms. The first kappa shape index (κ1) is 17.5. The molecule has 0 N–H and O–H groups in total. The summed E-state index contributed by atoms with van der Waals surface area (Å²) in [4.78, 5) is 17.0. The van der Waals surface area contributed by atoms with Crippen LogP contribution in [0, 0.1) is 5.82 Å². The number of aromatic nitrogens is 4. The quantitative estimate of drug-likeness (QED) is 0.597. The molecule has 0 amide bonds. The Labute approximate surface area is 156 Å². The van der Waals surface area contributed by atoms with E-state index in [-0.39, 0.29) is 17.5 Å². The molecule has 4 rings (SSSR count). The molecule has 2 atom stereocenters. The highest BCUT2D eigenvalue weighted by Gasteiger charge is 2.40. The topological polar surface area (TPSA) is 70.0 Å². The summed E-state index contributed by atoms with van der Waals surface area (Å²) in [6, 6.07) is 6.91. The van der Waals surface area contributed by atoms with Crippen molar-refractivity contribution in [2.24, 2.45) is 0 Å². The molecule has 0 radical (unpaired) electrons. The molecule has 138 valence electrons. The molecule has 0 aliphatic heterocycles. The molecule has 2 unspecified atom stereocenters. The summed E-state index contributed by atoms with van der Waals surface area (Å²) >= 11 is 0. The molecule has 27 heavy (non-hydrogen) atoms. The van der Waals surface area contributed by atoms with E-state index in [9.17, 15) is 4.39 Å². The number of rotatable bonds is 7.